The molecule has 0 unspecified atom stereocenters. The van der Waals surface area contributed by atoms with Gasteiger partial charge in [-0.05, 0) is 57.5 Å². The molecular formula is C20H31ClN4O3S. The number of amides is 1. The van der Waals surface area contributed by atoms with Gasteiger partial charge < -0.3 is 15.1 Å². The molecule has 2 fully saturated rings. The number of rotatable bonds is 8. The van der Waals surface area contributed by atoms with Gasteiger partial charge in [0.05, 0.1) is 15.5 Å². The van der Waals surface area contributed by atoms with Crippen molar-refractivity contribution in [2.45, 2.75) is 30.6 Å². The highest BCUT2D eigenvalue weighted by molar-refractivity contribution is 7.89. The molecule has 0 aromatic heterocycles. The number of benzene rings is 1. The lowest BCUT2D eigenvalue weighted by atomic mass is 10.2. The van der Waals surface area contributed by atoms with Gasteiger partial charge in [-0.25, -0.2) is 8.42 Å². The Labute approximate surface area is 179 Å². The van der Waals surface area contributed by atoms with Crippen LogP contribution >= 0.6 is 11.6 Å². The molecule has 1 aromatic rings. The average molecular weight is 443 g/mol. The standard InChI is InChI=1S/C20H31ClN4O3S/c1-23-12-14-24(15-13-23)9-3-2-8-22-20(26)18-16-17(6-7-19(18)21)29(27,28)25-10-4-5-11-25/h6-7,16H,2-5,8-15H2,1H3,(H,22,26). The number of likely N-dealkylation sites (N-methyl/N-ethyl adjacent to an activating group) is 1. The van der Waals surface area contributed by atoms with E-state index in [0.29, 0.717) is 19.6 Å². The molecule has 2 heterocycles. The molecule has 0 radical (unpaired) electrons. The predicted molar refractivity (Wildman–Crippen MR) is 115 cm³/mol. The van der Waals surface area contributed by atoms with Crippen LogP contribution in [0.3, 0.4) is 0 Å². The number of hydrogen-bond acceptors (Lipinski definition) is 5. The highest BCUT2D eigenvalue weighted by Crippen LogP contribution is 2.25. The van der Waals surface area contributed by atoms with Crippen molar-refractivity contribution in [3.05, 3.63) is 28.8 Å². The van der Waals surface area contributed by atoms with Crippen molar-refractivity contribution in [2.24, 2.45) is 0 Å². The van der Waals surface area contributed by atoms with Crippen LogP contribution in [-0.4, -0.2) is 87.8 Å². The lowest BCUT2D eigenvalue weighted by molar-refractivity contribution is 0.0952. The van der Waals surface area contributed by atoms with Crippen LogP contribution in [0, 0.1) is 0 Å². The van der Waals surface area contributed by atoms with Gasteiger partial charge in [-0.2, -0.15) is 4.31 Å². The summed E-state index contributed by atoms with van der Waals surface area (Å²) in [5, 5.41) is 3.14. The van der Waals surface area contributed by atoms with Crippen LogP contribution in [0.15, 0.2) is 23.1 Å². The largest absolute Gasteiger partial charge is 0.352 e. The number of unbranched alkanes of at least 4 members (excludes halogenated alkanes) is 1. The van der Waals surface area contributed by atoms with E-state index in [2.05, 4.69) is 22.2 Å². The number of piperazine rings is 1. The normalized spacial score (nSPS) is 19.5. The van der Waals surface area contributed by atoms with Crippen LogP contribution in [0.25, 0.3) is 0 Å². The minimum absolute atomic E-state index is 0.129. The molecule has 0 aliphatic carbocycles. The van der Waals surface area contributed by atoms with Crippen molar-refractivity contribution in [3.8, 4) is 0 Å². The summed E-state index contributed by atoms with van der Waals surface area (Å²) in [6.07, 6.45) is 3.63. The smallest absolute Gasteiger partial charge is 0.252 e. The van der Waals surface area contributed by atoms with E-state index in [9.17, 15) is 13.2 Å². The second kappa shape index (κ2) is 10.2. The summed E-state index contributed by atoms with van der Waals surface area (Å²) < 4.78 is 26.9. The maximum absolute atomic E-state index is 12.7. The SMILES string of the molecule is CN1CCN(CCCCNC(=O)c2cc(S(=O)(=O)N3CCCC3)ccc2Cl)CC1. The molecule has 2 saturated heterocycles. The van der Waals surface area contributed by atoms with E-state index in [1.54, 1.807) is 0 Å². The lowest BCUT2D eigenvalue weighted by Crippen LogP contribution is -2.44. The van der Waals surface area contributed by atoms with Crippen LogP contribution in [0.4, 0.5) is 0 Å². The molecule has 1 N–H and O–H groups in total. The van der Waals surface area contributed by atoms with Crippen LogP contribution in [0.5, 0.6) is 0 Å². The summed E-state index contributed by atoms with van der Waals surface area (Å²) in [7, 11) is -1.43. The first-order valence-corrected chi connectivity index (χ1v) is 12.2. The molecule has 2 aliphatic heterocycles. The average Bonchev–Trinajstić information content (AvgIpc) is 3.25. The van der Waals surface area contributed by atoms with Crippen molar-refractivity contribution in [1.29, 1.82) is 0 Å². The second-order valence-electron chi connectivity index (χ2n) is 7.86. The molecule has 3 rings (SSSR count). The van der Waals surface area contributed by atoms with Gasteiger partial charge in [-0.1, -0.05) is 11.6 Å². The third-order valence-electron chi connectivity index (χ3n) is 5.67. The molecule has 0 spiro atoms. The quantitative estimate of drug-likeness (QED) is 0.622. The molecule has 2 aliphatic rings. The first-order chi connectivity index (χ1) is 13.9. The van der Waals surface area contributed by atoms with E-state index in [1.165, 1.54) is 22.5 Å². The molecule has 1 aromatic carbocycles. The Morgan fingerprint density at radius 2 is 1.76 bits per heavy atom. The van der Waals surface area contributed by atoms with Crippen LogP contribution < -0.4 is 5.32 Å². The van der Waals surface area contributed by atoms with E-state index in [1.807, 2.05) is 0 Å². The number of nitrogens with one attached hydrogen (secondary N) is 1. The summed E-state index contributed by atoms with van der Waals surface area (Å²) in [6.45, 7) is 7.03. The van der Waals surface area contributed by atoms with Crippen LogP contribution in [-0.2, 0) is 10.0 Å². The Balaban J connectivity index is 1.50. The molecule has 9 heteroatoms. The van der Waals surface area contributed by atoms with Gasteiger partial charge in [-0.3, -0.25) is 4.79 Å². The summed E-state index contributed by atoms with van der Waals surface area (Å²) >= 11 is 6.17. The maximum Gasteiger partial charge on any atom is 0.252 e. The first kappa shape index (κ1) is 22.5. The van der Waals surface area contributed by atoms with Crippen molar-refractivity contribution in [1.82, 2.24) is 19.4 Å². The monoisotopic (exact) mass is 442 g/mol. The van der Waals surface area contributed by atoms with Gasteiger partial charge in [-0.15, -0.1) is 0 Å². The fourth-order valence-corrected chi connectivity index (χ4v) is 5.49. The second-order valence-corrected chi connectivity index (χ2v) is 10.2. The van der Waals surface area contributed by atoms with Crippen LogP contribution in [0.1, 0.15) is 36.0 Å². The Morgan fingerprint density at radius 1 is 1.07 bits per heavy atom. The molecule has 29 heavy (non-hydrogen) atoms. The lowest BCUT2D eigenvalue weighted by Gasteiger charge is -2.32. The van der Waals surface area contributed by atoms with Gasteiger partial charge in [0, 0.05) is 45.8 Å². The fraction of sp³-hybridized carbons (Fsp3) is 0.650. The predicted octanol–water partition coefficient (Wildman–Crippen LogP) is 1.88. The molecule has 7 nitrogen and oxygen atoms in total. The summed E-state index contributed by atoms with van der Waals surface area (Å²) in [5.41, 5.74) is 0.214. The summed E-state index contributed by atoms with van der Waals surface area (Å²) in [6, 6.07) is 4.37. The number of nitrogens with zero attached hydrogens (tertiary/aromatic N) is 3. The third kappa shape index (κ3) is 5.92. The first-order valence-electron chi connectivity index (χ1n) is 10.4. The molecular weight excluding hydrogens is 412 g/mol. The van der Waals surface area contributed by atoms with Crippen LogP contribution in [0.2, 0.25) is 5.02 Å². The number of halogens is 1. The van der Waals surface area contributed by atoms with Gasteiger partial charge in [0.25, 0.3) is 5.91 Å². The zero-order valence-electron chi connectivity index (χ0n) is 17.1. The van der Waals surface area contributed by atoms with Gasteiger partial charge >= 0.3 is 0 Å². The number of carbonyl (C=O) groups excluding carboxylic acids is 1. The fourth-order valence-electron chi connectivity index (χ4n) is 3.75. The zero-order chi connectivity index (χ0) is 20.9. The van der Waals surface area contributed by atoms with Gasteiger partial charge in [0.1, 0.15) is 0 Å². The summed E-state index contributed by atoms with van der Waals surface area (Å²) in [4.78, 5) is 17.5. The maximum atomic E-state index is 12.7. The summed E-state index contributed by atoms with van der Waals surface area (Å²) in [5.74, 6) is -0.326. The van der Waals surface area contributed by atoms with Crippen molar-refractivity contribution >= 4 is 27.5 Å². The number of sulfonamides is 1. The van der Waals surface area contributed by atoms with Crippen molar-refractivity contribution in [2.75, 3.05) is 59.4 Å². The van der Waals surface area contributed by atoms with E-state index in [0.717, 1.165) is 58.4 Å². The van der Waals surface area contributed by atoms with Gasteiger partial charge in [0.2, 0.25) is 10.0 Å². The number of hydrogen-bond donors (Lipinski definition) is 1. The Hall–Kier alpha value is -1.19. The Morgan fingerprint density at radius 3 is 2.45 bits per heavy atom. The van der Waals surface area contributed by atoms with Gasteiger partial charge in [0.15, 0.2) is 0 Å². The highest BCUT2D eigenvalue weighted by Gasteiger charge is 2.28. The Bertz CT molecular complexity index is 804. The molecule has 0 atom stereocenters. The minimum atomic E-state index is -3.57. The highest BCUT2D eigenvalue weighted by atomic mass is 35.5. The van der Waals surface area contributed by atoms with E-state index in [-0.39, 0.29) is 21.4 Å². The van der Waals surface area contributed by atoms with E-state index in [4.69, 9.17) is 11.6 Å². The molecule has 0 saturated carbocycles. The van der Waals surface area contributed by atoms with Crippen molar-refractivity contribution < 1.29 is 13.2 Å². The topological polar surface area (TPSA) is 73.0 Å². The third-order valence-corrected chi connectivity index (χ3v) is 7.89. The molecule has 162 valence electrons. The Kier molecular flexibility index (Phi) is 7.92. The van der Waals surface area contributed by atoms with Crippen molar-refractivity contribution in [3.63, 3.8) is 0 Å². The molecule has 1 amide bonds. The molecule has 0 bridgehead atoms. The minimum Gasteiger partial charge on any atom is -0.352 e. The number of carbonyl (C=O) groups is 1. The van der Waals surface area contributed by atoms with E-state index < -0.39 is 10.0 Å². The van der Waals surface area contributed by atoms with E-state index >= 15 is 0 Å². The zero-order valence-corrected chi connectivity index (χ0v) is 18.6.